The van der Waals surface area contributed by atoms with Gasteiger partial charge in [0.15, 0.2) is 0 Å². The standard InChI is InChI=1S/C20H26N4O3/c1-15(2)24-10-9-22-20(26)18(24)12-19(25)23(14-17-4-3-11-27-17)13-16-5-7-21-8-6-16/h3-8,11,15,18H,9-10,12-14H2,1-2H3,(H,22,26). The number of rotatable bonds is 7. The van der Waals surface area contributed by atoms with Crippen LogP contribution in [0.3, 0.4) is 0 Å². The maximum Gasteiger partial charge on any atom is 0.237 e. The summed E-state index contributed by atoms with van der Waals surface area (Å²) in [5, 5.41) is 2.88. The molecule has 27 heavy (non-hydrogen) atoms. The Morgan fingerprint density at radius 2 is 2.11 bits per heavy atom. The summed E-state index contributed by atoms with van der Waals surface area (Å²) in [6.07, 6.45) is 5.16. The first-order valence-corrected chi connectivity index (χ1v) is 9.27. The first-order valence-electron chi connectivity index (χ1n) is 9.27. The first kappa shape index (κ1) is 19.1. The van der Waals surface area contributed by atoms with Gasteiger partial charge in [0.05, 0.1) is 25.3 Å². The number of hydrogen-bond acceptors (Lipinski definition) is 5. The monoisotopic (exact) mass is 370 g/mol. The van der Waals surface area contributed by atoms with Crippen LogP contribution < -0.4 is 5.32 Å². The molecule has 2 amide bonds. The highest BCUT2D eigenvalue weighted by atomic mass is 16.3. The topological polar surface area (TPSA) is 78.7 Å². The largest absolute Gasteiger partial charge is 0.467 e. The van der Waals surface area contributed by atoms with Crippen LogP contribution in [-0.4, -0.2) is 51.8 Å². The van der Waals surface area contributed by atoms with Crippen LogP contribution in [0.25, 0.3) is 0 Å². The van der Waals surface area contributed by atoms with Crippen LogP contribution in [0, 0.1) is 0 Å². The summed E-state index contributed by atoms with van der Waals surface area (Å²) in [4.78, 5) is 33.4. The molecule has 1 aliphatic rings. The van der Waals surface area contributed by atoms with Crippen molar-refractivity contribution >= 4 is 11.8 Å². The van der Waals surface area contributed by atoms with E-state index in [2.05, 4.69) is 15.2 Å². The Labute approximate surface area is 159 Å². The summed E-state index contributed by atoms with van der Waals surface area (Å²) in [7, 11) is 0. The van der Waals surface area contributed by atoms with E-state index >= 15 is 0 Å². The average molecular weight is 370 g/mol. The summed E-state index contributed by atoms with van der Waals surface area (Å²) in [5.74, 6) is 0.562. The van der Waals surface area contributed by atoms with E-state index in [0.29, 0.717) is 25.4 Å². The molecule has 2 aromatic heterocycles. The van der Waals surface area contributed by atoms with Crippen LogP contribution in [0.4, 0.5) is 0 Å². The molecule has 1 fully saturated rings. The highest BCUT2D eigenvalue weighted by Gasteiger charge is 2.34. The number of pyridine rings is 1. The first-order chi connectivity index (χ1) is 13.0. The number of piperazine rings is 1. The molecule has 1 saturated heterocycles. The zero-order chi connectivity index (χ0) is 19.2. The molecule has 0 aliphatic carbocycles. The molecule has 1 aliphatic heterocycles. The number of hydrogen-bond donors (Lipinski definition) is 1. The normalized spacial score (nSPS) is 17.7. The fourth-order valence-corrected chi connectivity index (χ4v) is 3.39. The van der Waals surface area contributed by atoms with E-state index in [9.17, 15) is 9.59 Å². The molecule has 7 heteroatoms. The van der Waals surface area contributed by atoms with Crippen molar-refractivity contribution in [2.75, 3.05) is 13.1 Å². The molecule has 2 aromatic rings. The number of nitrogens with one attached hydrogen (secondary N) is 1. The predicted octanol–water partition coefficient (Wildman–Crippen LogP) is 1.80. The van der Waals surface area contributed by atoms with Gasteiger partial charge in [-0.05, 0) is 43.7 Å². The van der Waals surface area contributed by atoms with Crippen LogP contribution in [0.2, 0.25) is 0 Å². The third-order valence-corrected chi connectivity index (χ3v) is 4.81. The van der Waals surface area contributed by atoms with E-state index in [1.54, 1.807) is 29.6 Å². The highest BCUT2D eigenvalue weighted by Crippen LogP contribution is 2.17. The zero-order valence-corrected chi connectivity index (χ0v) is 15.8. The van der Waals surface area contributed by atoms with Gasteiger partial charge in [-0.3, -0.25) is 19.5 Å². The fourth-order valence-electron chi connectivity index (χ4n) is 3.39. The van der Waals surface area contributed by atoms with Gasteiger partial charge >= 0.3 is 0 Å². The van der Waals surface area contributed by atoms with E-state index < -0.39 is 6.04 Å². The molecule has 0 aromatic carbocycles. The van der Waals surface area contributed by atoms with E-state index in [1.165, 1.54) is 0 Å². The zero-order valence-electron chi connectivity index (χ0n) is 15.8. The number of aromatic nitrogens is 1. The third-order valence-electron chi connectivity index (χ3n) is 4.81. The van der Waals surface area contributed by atoms with Crippen molar-refractivity contribution < 1.29 is 14.0 Å². The van der Waals surface area contributed by atoms with Crippen LogP contribution in [0.15, 0.2) is 47.3 Å². The number of furan rings is 1. The molecule has 1 N–H and O–H groups in total. The van der Waals surface area contributed by atoms with Gasteiger partial charge < -0.3 is 14.6 Å². The van der Waals surface area contributed by atoms with Crippen LogP contribution in [0.5, 0.6) is 0 Å². The van der Waals surface area contributed by atoms with Crippen molar-refractivity contribution in [2.24, 2.45) is 0 Å². The van der Waals surface area contributed by atoms with E-state index in [1.807, 2.05) is 32.0 Å². The molecule has 1 atom stereocenters. The molecule has 1 unspecified atom stereocenters. The molecular weight excluding hydrogens is 344 g/mol. The molecule has 0 saturated carbocycles. The van der Waals surface area contributed by atoms with Crippen LogP contribution >= 0.6 is 0 Å². The number of amides is 2. The minimum atomic E-state index is -0.442. The average Bonchev–Trinajstić information content (AvgIpc) is 3.16. The maximum absolute atomic E-state index is 13.1. The third kappa shape index (κ3) is 4.95. The maximum atomic E-state index is 13.1. The molecule has 144 valence electrons. The van der Waals surface area contributed by atoms with E-state index in [4.69, 9.17) is 4.42 Å². The molecule has 3 heterocycles. The molecule has 0 bridgehead atoms. The highest BCUT2D eigenvalue weighted by molar-refractivity contribution is 5.88. The minimum absolute atomic E-state index is 0.0732. The van der Waals surface area contributed by atoms with Crippen molar-refractivity contribution in [3.63, 3.8) is 0 Å². The SMILES string of the molecule is CC(C)N1CCNC(=O)C1CC(=O)N(Cc1ccncc1)Cc1ccco1. The van der Waals surface area contributed by atoms with Gasteiger partial charge in [-0.25, -0.2) is 0 Å². The van der Waals surface area contributed by atoms with Gasteiger partial charge in [0.1, 0.15) is 5.76 Å². The summed E-state index contributed by atoms with van der Waals surface area (Å²) in [6.45, 7) is 6.28. The van der Waals surface area contributed by atoms with Gasteiger partial charge in [-0.15, -0.1) is 0 Å². The van der Waals surface area contributed by atoms with Crippen LogP contribution in [-0.2, 0) is 22.7 Å². The minimum Gasteiger partial charge on any atom is -0.467 e. The van der Waals surface area contributed by atoms with Gasteiger partial charge in [0.2, 0.25) is 11.8 Å². The second-order valence-corrected chi connectivity index (χ2v) is 7.03. The Balaban J connectivity index is 1.75. The second-order valence-electron chi connectivity index (χ2n) is 7.03. The van der Waals surface area contributed by atoms with Crippen molar-refractivity contribution in [3.8, 4) is 0 Å². The van der Waals surface area contributed by atoms with Crippen molar-refractivity contribution in [2.45, 2.75) is 45.4 Å². The number of carbonyl (C=O) groups excluding carboxylic acids is 2. The van der Waals surface area contributed by atoms with Gasteiger partial charge in [-0.1, -0.05) is 0 Å². The Morgan fingerprint density at radius 3 is 2.78 bits per heavy atom. The summed E-state index contributed by atoms with van der Waals surface area (Å²) < 4.78 is 5.43. The summed E-state index contributed by atoms with van der Waals surface area (Å²) in [6, 6.07) is 7.18. The fraction of sp³-hybridized carbons (Fsp3) is 0.450. The van der Waals surface area contributed by atoms with Crippen molar-refractivity contribution in [1.82, 2.24) is 20.1 Å². The lowest BCUT2D eigenvalue weighted by Crippen LogP contribution is -2.58. The summed E-state index contributed by atoms with van der Waals surface area (Å²) in [5.41, 5.74) is 0.985. The van der Waals surface area contributed by atoms with Crippen molar-refractivity contribution in [1.29, 1.82) is 0 Å². The Hall–Kier alpha value is -2.67. The smallest absolute Gasteiger partial charge is 0.237 e. The second kappa shape index (κ2) is 8.81. The van der Waals surface area contributed by atoms with E-state index in [-0.39, 0.29) is 24.3 Å². The summed E-state index contributed by atoms with van der Waals surface area (Å²) >= 11 is 0. The molecule has 3 rings (SSSR count). The predicted molar refractivity (Wildman–Crippen MR) is 100 cm³/mol. The lowest BCUT2D eigenvalue weighted by Gasteiger charge is -2.38. The lowest BCUT2D eigenvalue weighted by atomic mass is 10.1. The molecule has 0 spiro atoms. The Kier molecular flexibility index (Phi) is 6.24. The van der Waals surface area contributed by atoms with Gasteiger partial charge in [0, 0.05) is 38.1 Å². The van der Waals surface area contributed by atoms with E-state index in [0.717, 1.165) is 12.1 Å². The molecule has 7 nitrogen and oxygen atoms in total. The Morgan fingerprint density at radius 1 is 1.33 bits per heavy atom. The van der Waals surface area contributed by atoms with Gasteiger partial charge in [0.25, 0.3) is 0 Å². The van der Waals surface area contributed by atoms with Crippen LogP contribution in [0.1, 0.15) is 31.6 Å². The van der Waals surface area contributed by atoms with Gasteiger partial charge in [-0.2, -0.15) is 0 Å². The molecular formula is C20H26N4O3. The van der Waals surface area contributed by atoms with Crippen molar-refractivity contribution in [3.05, 3.63) is 54.2 Å². The number of nitrogens with zero attached hydrogens (tertiary/aromatic N) is 3. The quantitative estimate of drug-likeness (QED) is 0.804. The number of carbonyl (C=O) groups is 2. The Bertz CT molecular complexity index is 746. The lowest BCUT2D eigenvalue weighted by molar-refractivity contribution is -0.140. The molecule has 0 radical (unpaired) electrons.